The zero-order valence-corrected chi connectivity index (χ0v) is 8.88. The van der Waals surface area contributed by atoms with Crippen molar-refractivity contribution in [2.75, 3.05) is 5.75 Å². The zero-order chi connectivity index (χ0) is 9.07. The summed E-state index contributed by atoms with van der Waals surface area (Å²) < 4.78 is 21.1. The normalized spacial score (nSPS) is 17.8. The second kappa shape index (κ2) is 4.53. The van der Waals surface area contributed by atoms with Gasteiger partial charge in [-0.05, 0) is 19.3 Å². The molecule has 0 amide bonds. The molecule has 0 fully saturated rings. The van der Waals surface area contributed by atoms with Crippen molar-refractivity contribution in [3.05, 3.63) is 0 Å². The molecule has 0 N–H and O–H groups in total. The predicted molar refractivity (Wildman–Crippen MR) is 48.7 cm³/mol. The Morgan fingerprint density at radius 3 is 2.09 bits per heavy atom. The fourth-order valence-corrected chi connectivity index (χ4v) is 2.73. The Morgan fingerprint density at radius 2 is 1.82 bits per heavy atom. The minimum absolute atomic E-state index is 0.00316. The zero-order valence-electron chi connectivity index (χ0n) is 6.55. The number of hydrogen-bond donors (Lipinski definition) is 0. The fraction of sp³-hybridized carbons (Fsp3) is 1.00. The summed E-state index contributed by atoms with van der Waals surface area (Å²) in [7, 11) is 1.69. The van der Waals surface area contributed by atoms with Gasteiger partial charge in [-0.15, -0.1) is 11.6 Å². The molecule has 0 aliphatic heterocycles. The van der Waals surface area contributed by atoms with E-state index in [1.807, 2.05) is 13.8 Å². The minimum atomic E-state index is -3.36. The van der Waals surface area contributed by atoms with Crippen LogP contribution in [-0.2, 0) is 9.05 Å². The summed E-state index contributed by atoms with van der Waals surface area (Å²) in [5.41, 5.74) is 0. The third-order valence-corrected chi connectivity index (χ3v) is 2.73. The topological polar surface area (TPSA) is 34.1 Å². The van der Waals surface area contributed by atoms with Crippen molar-refractivity contribution in [1.29, 1.82) is 0 Å². The Bertz CT molecular complexity index is 199. The first-order valence-corrected chi connectivity index (χ1v) is 6.29. The van der Waals surface area contributed by atoms with Gasteiger partial charge in [0.05, 0.1) is 5.75 Å². The van der Waals surface area contributed by atoms with Crippen LogP contribution in [0.3, 0.4) is 0 Å². The van der Waals surface area contributed by atoms with E-state index in [1.54, 1.807) is 0 Å². The van der Waals surface area contributed by atoms with Gasteiger partial charge < -0.3 is 0 Å². The van der Waals surface area contributed by atoms with Gasteiger partial charge in [0.15, 0.2) is 0 Å². The van der Waals surface area contributed by atoms with E-state index in [4.69, 9.17) is 22.3 Å². The van der Waals surface area contributed by atoms with Gasteiger partial charge in [-0.25, -0.2) is 8.42 Å². The largest absolute Gasteiger partial charge is 0.232 e. The minimum Gasteiger partial charge on any atom is -0.212 e. The van der Waals surface area contributed by atoms with Crippen molar-refractivity contribution in [3.8, 4) is 0 Å². The molecule has 2 atom stereocenters. The van der Waals surface area contributed by atoms with Gasteiger partial charge >= 0.3 is 0 Å². The third-order valence-electron chi connectivity index (χ3n) is 1.21. The molecule has 2 nitrogen and oxygen atoms in total. The Morgan fingerprint density at radius 1 is 1.36 bits per heavy atom. The molecule has 0 aromatic carbocycles. The molecule has 0 aliphatic carbocycles. The first kappa shape index (κ1) is 11.5. The molecule has 5 heteroatoms. The number of alkyl halides is 1. The number of hydrogen-bond acceptors (Lipinski definition) is 2. The van der Waals surface area contributed by atoms with Gasteiger partial charge in [0.2, 0.25) is 9.05 Å². The SMILES string of the molecule is CC(Cl)CC(C)CS(=O)(=O)Cl. The second-order valence-corrected chi connectivity index (χ2v) is 6.39. The van der Waals surface area contributed by atoms with Crippen molar-refractivity contribution >= 4 is 31.3 Å². The molecule has 0 saturated heterocycles. The molecule has 0 rings (SSSR count). The average Bonchev–Trinajstić information content (AvgIpc) is 1.53. The highest BCUT2D eigenvalue weighted by Crippen LogP contribution is 2.14. The van der Waals surface area contributed by atoms with Crippen molar-refractivity contribution in [2.24, 2.45) is 5.92 Å². The molecular weight excluding hydrogens is 207 g/mol. The fourth-order valence-electron chi connectivity index (χ4n) is 0.962. The van der Waals surface area contributed by atoms with E-state index in [-0.39, 0.29) is 17.0 Å². The van der Waals surface area contributed by atoms with Gasteiger partial charge in [-0.1, -0.05) is 6.92 Å². The molecule has 0 aromatic rings. The second-order valence-electron chi connectivity index (χ2n) is 2.83. The first-order chi connectivity index (χ1) is 4.81. The molecule has 2 unspecified atom stereocenters. The van der Waals surface area contributed by atoms with Crippen LogP contribution in [-0.4, -0.2) is 19.5 Å². The van der Waals surface area contributed by atoms with Crippen LogP contribution in [0.1, 0.15) is 20.3 Å². The average molecular weight is 219 g/mol. The van der Waals surface area contributed by atoms with Crippen molar-refractivity contribution < 1.29 is 8.42 Å². The molecule has 11 heavy (non-hydrogen) atoms. The van der Waals surface area contributed by atoms with Crippen LogP contribution in [0.4, 0.5) is 0 Å². The molecule has 68 valence electrons. The molecule has 0 bridgehead atoms. The van der Waals surface area contributed by atoms with Crippen molar-refractivity contribution in [1.82, 2.24) is 0 Å². The highest BCUT2D eigenvalue weighted by Gasteiger charge is 2.13. The van der Waals surface area contributed by atoms with Crippen LogP contribution in [0.2, 0.25) is 0 Å². The highest BCUT2D eigenvalue weighted by atomic mass is 35.7. The molecule has 0 aromatic heterocycles. The first-order valence-electron chi connectivity index (χ1n) is 3.37. The maximum Gasteiger partial charge on any atom is 0.232 e. The lowest BCUT2D eigenvalue weighted by molar-refractivity contribution is 0.556. The summed E-state index contributed by atoms with van der Waals surface area (Å²) in [6.07, 6.45) is 0.674. The van der Waals surface area contributed by atoms with Crippen LogP contribution >= 0.6 is 22.3 Å². The van der Waals surface area contributed by atoms with Crippen LogP contribution in [0.25, 0.3) is 0 Å². The van der Waals surface area contributed by atoms with E-state index in [0.29, 0.717) is 6.42 Å². The summed E-state index contributed by atoms with van der Waals surface area (Å²) >= 11 is 5.66. The van der Waals surface area contributed by atoms with Crippen LogP contribution in [0.15, 0.2) is 0 Å². The summed E-state index contributed by atoms with van der Waals surface area (Å²) in [6.45, 7) is 3.65. The lowest BCUT2D eigenvalue weighted by Crippen LogP contribution is -2.11. The monoisotopic (exact) mass is 218 g/mol. The van der Waals surface area contributed by atoms with E-state index in [0.717, 1.165) is 0 Å². The summed E-state index contributed by atoms with van der Waals surface area (Å²) in [5.74, 6) is 0.0380. The lowest BCUT2D eigenvalue weighted by atomic mass is 10.1. The maximum atomic E-state index is 10.5. The Kier molecular flexibility index (Phi) is 4.75. The third kappa shape index (κ3) is 8.44. The van der Waals surface area contributed by atoms with Crippen molar-refractivity contribution in [3.63, 3.8) is 0 Å². The van der Waals surface area contributed by atoms with Crippen LogP contribution in [0, 0.1) is 5.92 Å². The Labute approximate surface area is 77.3 Å². The van der Waals surface area contributed by atoms with Gasteiger partial charge in [0.25, 0.3) is 0 Å². The molecular formula is C6H12Cl2O2S. The maximum absolute atomic E-state index is 10.5. The van der Waals surface area contributed by atoms with Gasteiger partial charge in [-0.2, -0.15) is 0 Å². The predicted octanol–water partition coefficient (Wildman–Crippen LogP) is 2.21. The van der Waals surface area contributed by atoms with Gasteiger partial charge in [-0.3, -0.25) is 0 Å². The van der Waals surface area contributed by atoms with E-state index in [9.17, 15) is 8.42 Å². The molecule has 0 aliphatic rings. The lowest BCUT2D eigenvalue weighted by Gasteiger charge is -2.09. The molecule has 0 spiro atoms. The number of halogens is 2. The quantitative estimate of drug-likeness (QED) is 0.536. The smallest absolute Gasteiger partial charge is 0.212 e. The molecule has 0 heterocycles. The van der Waals surface area contributed by atoms with E-state index in [1.165, 1.54) is 0 Å². The number of rotatable bonds is 4. The van der Waals surface area contributed by atoms with E-state index in [2.05, 4.69) is 0 Å². The highest BCUT2D eigenvalue weighted by molar-refractivity contribution is 8.13. The van der Waals surface area contributed by atoms with Crippen molar-refractivity contribution in [2.45, 2.75) is 25.6 Å². The summed E-state index contributed by atoms with van der Waals surface area (Å²) in [5, 5.41) is 0.00316. The Balaban J connectivity index is 3.80. The van der Waals surface area contributed by atoms with E-state index >= 15 is 0 Å². The van der Waals surface area contributed by atoms with Gasteiger partial charge in [0, 0.05) is 16.1 Å². The standard InChI is InChI=1S/C6H12Cl2O2S/c1-5(3-6(2)7)4-11(8,9)10/h5-6H,3-4H2,1-2H3. The molecule has 0 radical (unpaired) electrons. The van der Waals surface area contributed by atoms with Gasteiger partial charge in [0.1, 0.15) is 0 Å². The summed E-state index contributed by atoms with van der Waals surface area (Å²) in [6, 6.07) is 0. The molecule has 0 saturated carbocycles. The van der Waals surface area contributed by atoms with Crippen LogP contribution < -0.4 is 0 Å². The van der Waals surface area contributed by atoms with E-state index < -0.39 is 9.05 Å². The van der Waals surface area contributed by atoms with Crippen LogP contribution in [0.5, 0.6) is 0 Å². The summed E-state index contributed by atoms with van der Waals surface area (Å²) in [4.78, 5) is 0. The Hall–Kier alpha value is 0.530.